The van der Waals surface area contributed by atoms with Crippen LogP contribution in [0.5, 0.6) is 0 Å². The van der Waals surface area contributed by atoms with Gasteiger partial charge in [0.2, 0.25) is 0 Å². The first-order chi connectivity index (χ1) is 11.4. The third kappa shape index (κ3) is 3.46. The molecule has 24 heavy (non-hydrogen) atoms. The van der Waals surface area contributed by atoms with Crippen LogP contribution in [0.3, 0.4) is 0 Å². The molecule has 1 aliphatic rings. The van der Waals surface area contributed by atoms with Gasteiger partial charge < -0.3 is 5.32 Å². The number of aliphatic imine (C=N–C) groups is 1. The zero-order chi connectivity index (χ0) is 17.3. The molecular formula is C18H17ClFN3O. The largest absolute Gasteiger partial charge is 0.328 e. The summed E-state index contributed by atoms with van der Waals surface area (Å²) >= 11 is 5.78. The number of carbonyl (C=O) groups is 1. The van der Waals surface area contributed by atoms with E-state index < -0.39 is 5.82 Å². The first-order valence-electron chi connectivity index (χ1n) is 7.72. The van der Waals surface area contributed by atoms with Gasteiger partial charge in [-0.15, -0.1) is 0 Å². The number of pyridine rings is 1. The van der Waals surface area contributed by atoms with E-state index in [0.29, 0.717) is 23.4 Å². The number of nitrogens with zero attached hydrogens (tertiary/aromatic N) is 2. The van der Waals surface area contributed by atoms with Crippen LogP contribution >= 0.6 is 11.6 Å². The molecule has 0 fully saturated rings. The summed E-state index contributed by atoms with van der Waals surface area (Å²) in [6, 6.07) is 6.22. The van der Waals surface area contributed by atoms with Crippen LogP contribution in [-0.2, 0) is 12.8 Å². The molecule has 0 saturated carbocycles. The molecule has 0 amide bonds. The van der Waals surface area contributed by atoms with Crippen molar-refractivity contribution >= 4 is 29.0 Å². The normalized spacial score (nSPS) is 14.8. The van der Waals surface area contributed by atoms with Gasteiger partial charge in [-0.3, -0.25) is 9.79 Å². The van der Waals surface area contributed by atoms with Gasteiger partial charge in [0.15, 0.2) is 5.78 Å². The topological polar surface area (TPSA) is 54.4 Å². The molecule has 1 aliphatic heterocycles. The number of aromatic nitrogens is 1. The van der Waals surface area contributed by atoms with Crippen LogP contribution in [0.25, 0.3) is 0 Å². The van der Waals surface area contributed by atoms with Crippen LogP contribution in [-0.4, -0.2) is 22.6 Å². The van der Waals surface area contributed by atoms with Crippen molar-refractivity contribution in [3.05, 3.63) is 58.0 Å². The molecule has 1 aromatic carbocycles. The highest BCUT2D eigenvalue weighted by Crippen LogP contribution is 2.26. The molecule has 4 nitrogen and oxygen atoms in total. The third-order valence-corrected chi connectivity index (χ3v) is 4.02. The molecule has 2 heterocycles. The van der Waals surface area contributed by atoms with Crippen molar-refractivity contribution in [2.75, 3.05) is 5.32 Å². The molecular weight excluding hydrogens is 329 g/mol. The highest BCUT2D eigenvalue weighted by Gasteiger charge is 2.24. The molecule has 0 saturated heterocycles. The minimum absolute atomic E-state index is 0.0216. The Labute approximate surface area is 144 Å². The summed E-state index contributed by atoms with van der Waals surface area (Å²) in [4.78, 5) is 21.4. The highest BCUT2D eigenvalue weighted by molar-refractivity contribution is 6.30. The number of rotatable bonds is 4. The van der Waals surface area contributed by atoms with E-state index >= 15 is 0 Å². The van der Waals surface area contributed by atoms with Crippen LogP contribution in [0.15, 0.2) is 35.5 Å². The van der Waals surface area contributed by atoms with Crippen molar-refractivity contribution in [2.45, 2.75) is 32.7 Å². The van der Waals surface area contributed by atoms with Crippen molar-refractivity contribution in [1.82, 2.24) is 4.98 Å². The number of amidine groups is 1. The van der Waals surface area contributed by atoms with Crippen molar-refractivity contribution < 1.29 is 9.18 Å². The first-order valence-corrected chi connectivity index (χ1v) is 8.10. The van der Waals surface area contributed by atoms with Gasteiger partial charge in [0.05, 0.1) is 5.02 Å². The Kier molecular flexibility index (Phi) is 4.62. The monoisotopic (exact) mass is 345 g/mol. The maximum atomic E-state index is 13.2. The Hall–Kier alpha value is -2.27. The predicted molar refractivity (Wildman–Crippen MR) is 93.6 cm³/mol. The van der Waals surface area contributed by atoms with Gasteiger partial charge in [-0.1, -0.05) is 17.7 Å². The molecule has 0 bridgehead atoms. The summed E-state index contributed by atoms with van der Waals surface area (Å²) in [6.07, 6.45) is 2.33. The summed E-state index contributed by atoms with van der Waals surface area (Å²) in [5, 5.41) is 3.18. The maximum Gasteiger partial charge on any atom is 0.167 e. The van der Waals surface area contributed by atoms with Crippen molar-refractivity contribution in [1.29, 1.82) is 0 Å². The van der Waals surface area contributed by atoms with E-state index in [1.165, 1.54) is 12.1 Å². The van der Waals surface area contributed by atoms with Crippen molar-refractivity contribution in [3.63, 3.8) is 0 Å². The van der Waals surface area contributed by atoms with Gasteiger partial charge in [0.1, 0.15) is 17.5 Å². The van der Waals surface area contributed by atoms with Crippen LogP contribution in [0, 0.1) is 5.82 Å². The van der Waals surface area contributed by atoms with Crippen molar-refractivity contribution in [3.8, 4) is 0 Å². The Morgan fingerprint density at radius 3 is 2.92 bits per heavy atom. The second-order valence-corrected chi connectivity index (χ2v) is 6.41. The van der Waals surface area contributed by atoms with Crippen molar-refractivity contribution in [2.24, 2.45) is 4.99 Å². The molecule has 124 valence electrons. The number of carbonyl (C=O) groups excluding carboxylic acids is 1. The molecule has 6 heteroatoms. The minimum Gasteiger partial charge on any atom is -0.328 e. The second kappa shape index (κ2) is 6.69. The zero-order valence-corrected chi connectivity index (χ0v) is 14.2. The zero-order valence-electron chi connectivity index (χ0n) is 13.4. The number of Topliss-reactive ketones (excluding diaryl/α,β-unsaturated/α-hetero) is 1. The average molecular weight is 346 g/mol. The fourth-order valence-electron chi connectivity index (χ4n) is 2.71. The highest BCUT2D eigenvalue weighted by atomic mass is 35.5. The fraction of sp³-hybridized carbons (Fsp3) is 0.278. The number of fused-ring (bicyclic) bond motifs is 1. The Morgan fingerprint density at radius 2 is 2.21 bits per heavy atom. The smallest absolute Gasteiger partial charge is 0.167 e. The molecule has 0 atom stereocenters. The lowest BCUT2D eigenvalue weighted by Gasteiger charge is -2.06. The quantitative estimate of drug-likeness (QED) is 0.850. The summed E-state index contributed by atoms with van der Waals surface area (Å²) in [7, 11) is 0. The number of anilines is 1. The van der Waals surface area contributed by atoms with Gasteiger partial charge in [-0.05, 0) is 37.6 Å². The number of nitrogens with one attached hydrogen (secondary N) is 1. The predicted octanol–water partition coefficient (Wildman–Crippen LogP) is 4.07. The Bertz CT molecular complexity index is 833. The Morgan fingerprint density at radius 1 is 1.42 bits per heavy atom. The van der Waals surface area contributed by atoms with Gasteiger partial charge in [-0.2, -0.15) is 0 Å². The maximum absolute atomic E-state index is 13.2. The molecule has 1 aromatic heterocycles. The van der Waals surface area contributed by atoms with Gasteiger partial charge in [0.25, 0.3) is 0 Å². The fourth-order valence-corrected chi connectivity index (χ4v) is 2.91. The molecule has 3 rings (SSSR count). The van der Waals surface area contributed by atoms with E-state index in [9.17, 15) is 9.18 Å². The molecule has 0 aliphatic carbocycles. The lowest BCUT2D eigenvalue weighted by molar-refractivity contribution is 0.0992. The molecule has 2 aromatic rings. The van der Waals surface area contributed by atoms with E-state index in [0.717, 1.165) is 11.4 Å². The van der Waals surface area contributed by atoms with Crippen LogP contribution in [0.4, 0.5) is 10.2 Å². The lowest BCUT2D eigenvalue weighted by Crippen LogP contribution is -2.10. The van der Waals surface area contributed by atoms with Crippen LogP contribution < -0.4 is 5.32 Å². The summed E-state index contributed by atoms with van der Waals surface area (Å²) < 4.78 is 13.2. The lowest BCUT2D eigenvalue weighted by atomic mass is 9.99. The summed E-state index contributed by atoms with van der Waals surface area (Å²) in [5.74, 6) is 0.954. The summed E-state index contributed by atoms with van der Waals surface area (Å²) in [5.41, 5.74) is 2.15. The molecule has 0 radical (unpaired) electrons. The number of hydrogen-bond donors (Lipinski definition) is 1. The first kappa shape index (κ1) is 16.6. The number of ketones is 1. The number of benzene rings is 1. The Balaban J connectivity index is 1.85. The van der Waals surface area contributed by atoms with Crippen LogP contribution in [0.2, 0.25) is 5.02 Å². The van der Waals surface area contributed by atoms with Gasteiger partial charge >= 0.3 is 0 Å². The van der Waals surface area contributed by atoms with E-state index in [1.54, 1.807) is 18.3 Å². The van der Waals surface area contributed by atoms with E-state index in [4.69, 9.17) is 11.6 Å². The van der Waals surface area contributed by atoms with E-state index in [2.05, 4.69) is 15.3 Å². The standard InChI is InChI=1S/C18H17ClFN3O/c1-10(2)22-17-9-13-12(5-6-21-18(13)23-17)16(24)8-11-3-4-15(20)14(19)7-11/h3-7,10H,8-9H2,1-2H3,(H,21,22,23). The van der Waals surface area contributed by atoms with Gasteiger partial charge in [0, 0.05) is 36.2 Å². The average Bonchev–Trinajstić information content (AvgIpc) is 2.92. The molecule has 0 unspecified atom stereocenters. The van der Waals surface area contributed by atoms with E-state index in [-0.39, 0.29) is 23.3 Å². The summed E-state index contributed by atoms with van der Waals surface area (Å²) in [6.45, 7) is 3.99. The van der Waals surface area contributed by atoms with Gasteiger partial charge in [-0.25, -0.2) is 9.37 Å². The molecule has 0 spiro atoms. The third-order valence-electron chi connectivity index (χ3n) is 3.73. The van der Waals surface area contributed by atoms with E-state index in [1.807, 2.05) is 13.8 Å². The second-order valence-electron chi connectivity index (χ2n) is 6.01. The van der Waals surface area contributed by atoms with Crippen LogP contribution in [0.1, 0.15) is 35.3 Å². The molecule has 1 N–H and O–H groups in total. The number of hydrogen-bond acceptors (Lipinski definition) is 3. The minimum atomic E-state index is -0.489. The SMILES string of the molecule is CC(C)N=C1Cc2c(C(=O)Cc3ccc(F)c(Cl)c3)ccnc2N1. The number of halogens is 2.